The van der Waals surface area contributed by atoms with Crippen LogP contribution in [0.3, 0.4) is 0 Å². The SMILES string of the molecule is CC(C)COc1ccc(C(=O)OC(C)C(=O)N2CCc3ccccc32)cc1. The third-order valence-electron chi connectivity index (χ3n) is 4.46. The molecule has 1 unspecified atom stereocenters. The van der Waals surface area contributed by atoms with E-state index in [4.69, 9.17) is 9.47 Å². The van der Waals surface area contributed by atoms with E-state index in [-0.39, 0.29) is 5.91 Å². The number of rotatable bonds is 6. The molecule has 5 heteroatoms. The van der Waals surface area contributed by atoms with E-state index in [1.165, 1.54) is 0 Å². The molecule has 1 heterocycles. The summed E-state index contributed by atoms with van der Waals surface area (Å²) in [5, 5.41) is 0. The van der Waals surface area contributed by atoms with Gasteiger partial charge in [-0.2, -0.15) is 0 Å². The number of benzene rings is 2. The lowest BCUT2D eigenvalue weighted by Crippen LogP contribution is -2.39. The van der Waals surface area contributed by atoms with Gasteiger partial charge in [0.25, 0.3) is 5.91 Å². The standard InChI is InChI=1S/C22H25NO4/c1-15(2)14-26-19-10-8-18(9-11-19)22(25)27-16(3)21(24)23-13-12-17-6-4-5-7-20(17)23/h4-11,15-16H,12-14H2,1-3H3. The van der Waals surface area contributed by atoms with Crippen molar-refractivity contribution in [2.24, 2.45) is 5.92 Å². The lowest BCUT2D eigenvalue weighted by Gasteiger charge is -2.21. The minimum Gasteiger partial charge on any atom is -0.493 e. The molecule has 1 atom stereocenters. The molecule has 5 nitrogen and oxygen atoms in total. The molecule has 0 radical (unpaired) electrons. The molecule has 0 bridgehead atoms. The number of nitrogens with zero attached hydrogens (tertiary/aromatic N) is 1. The summed E-state index contributed by atoms with van der Waals surface area (Å²) < 4.78 is 11.0. The molecule has 3 rings (SSSR count). The van der Waals surface area contributed by atoms with Gasteiger partial charge in [-0.3, -0.25) is 4.79 Å². The van der Waals surface area contributed by atoms with Crippen molar-refractivity contribution in [3.05, 3.63) is 59.7 Å². The van der Waals surface area contributed by atoms with Gasteiger partial charge >= 0.3 is 5.97 Å². The van der Waals surface area contributed by atoms with Gasteiger partial charge in [-0.15, -0.1) is 0 Å². The van der Waals surface area contributed by atoms with Crippen molar-refractivity contribution in [2.45, 2.75) is 33.3 Å². The highest BCUT2D eigenvalue weighted by Crippen LogP contribution is 2.28. The van der Waals surface area contributed by atoms with Crippen LogP contribution in [0.2, 0.25) is 0 Å². The molecule has 27 heavy (non-hydrogen) atoms. The molecule has 0 aliphatic carbocycles. The van der Waals surface area contributed by atoms with Gasteiger partial charge in [0.05, 0.1) is 12.2 Å². The van der Waals surface area contributed by atoms with Crippen LogP contribution in [0, 0.1) is 5.92 Å². The topological polar surface area (TPSA) is 55.8 Å². The maximum Gasteiger partial charge on any atom is 0.338 e. The van der Waals surface area contributed by atoms with Crippen molar-refractivity contribution in [1.82, 2.24) is 0 Å². The second kappa shape index (κ2) is 8.25. The second-order valence-corrected chi connectivity index (χ2v) is 7.15. The van der Waals surface area contributed by atoms with Crippen molar-refractivity contribution in [3.8, 4) is 5.75 Å². The Morgan fingerprint density at radius 3 is 2.44 bits per heavy atom. The van der Waals surface area contributed by atoms with E-state index in [1.807, 2.05) is 24.3 Å². The first-order valence-corrected chi connectivity index (χ1v) is 9.29. The zero-order valence-corrected chi connectivity index (χ0v) is 16.0. The molecule has 1 amide bonds. The van der Waals surface area contributed by atoms with Gasteiger partial charge in [0, 0.05) is 12.2 Å². The average Bonchev–Trinajstić information content (AvgIpc) is 3.10. The van der Waals surface area contributed by atoms with Crippen LogP contribution in [-0.2, 0) is 16.0 Å². The quantitative estimate of drug-likeness (QED) is 0.728. The summed E-state index contributed by atoms with van der Waals surface area (Å²) in [5.74, 6) is 0.416. The molecule has 142 valence electrons. The average molecular weight is 367 g/mol. The first-order chi connectivity index (χ1) is 13.0. The molecule has 0 aromatic heterocycles. The van der Waals surface area contributed by atoms with Gasteiger partial charge in [0.2, 0.25) is 0 Å². The van der Waals surface area contributed by atoms with Gasteiger partial charge in [-0.1, -0.05) is 32.0 Å². The number of fused-ring (bicyclic) bond motifs is 1. The van der Waals surface area contributed by atoms with E-state index < -0.39 is 12.1 Å². The van der Waals surface area contributed by atoms with E-state index in [2.05, 4.69) is 13.8 Å². The molecule has 0 saturated heterocycles. The van der Waals surface area contributed by atoms with E-state index in [9.17, 15) is 9.59 Å². The van der Waals surface area contributed by atoms with Gasteiger partial charge in [0.15, 0.2) is 6.10 Å². The monoisotopic (exact) mass is 367 g/mol. The van der Waals surface area contributed by atoms with Gasteiger partial charge in [-0.05, 0) is 55.2 Å². The zero-order chi connectivity index (χ0) is 19.4. The lowest BCUT2D eigenvalue weighted by atomic mass is 10.2. The molecular formula is C22H25NO4. The van der Waals surface area contributed by atoms with Gasteiger partial charge in [0.1, 0.15) is 5.75 Å². The number of para-hydroxylation sites is 1. The summed E-state index contributed by atoms with van der Waals surface area (Å²) >= 11 is 0. The van der Waals surface area contributed by atoms with Crippen LogP contribution in [0.4, 0.5) is 5.69 Å². The van der Waals surface area contributed by atoms with Crippen LogP contribution in [0.1, 0.15) is 36.7 Å². The molecule has 1 aliphatic heterocycles. The van der Waals surface area contributed by atoms with Crippen LogP contribution in [0.15, 0.2) is 48.5 Å². The molecule has 0 N–H and O–H groups in total. The predicted molar refractivity (Wildman–Crippen MR) is 104 cm³/mol. The third-order valence-corrected chi connectivity index (χ3v) is 4.46. The van der Waals surface area contributed by atoms with E-state index >= 15 is 0 Å². The Hall–Kier alpha value is -2.82. The summed E-state index contributed by atoms with van der Waals surface area (Å²) in [4.78, 5) is 26.8. The number of amides is 1. The Labute approximate surface area is 159 Å². The van der Waals surface area contributed by atoms with E-state index in [1.54, 1.807) is 36.1 Å². The molecule has 2 aromatic rings. The van der Waals surface area contributed by atoms with Gasteiger partial charge < -0.3 is 14.4 Å². The van der Waals surface area contributed by atoms with Crippen LogP contribution in [0.25, 0.3) is 0 Å². The fourth-order valence-electron chi connectivity index (χ4n) is 3.02. The van der Waals surface area contributed by atoms with Crippen LogP contribution in [0.5, 0.6) is 5.75 Å². The highest BCUT2D eigenvalue weighted by atomic mass is 16.5. The van der Waals surface area contributed by atoms with Crippen LogP contribution in [-0.4, -0.2) is 31.1 Å². The summed E-state index contributed by atoms with van der Waals surface area (Å²) in [7, 11) is 0. The van der Waals surface area contributed by atoms with Crippen LogP contribution < -0.4 is 9.64 Å². The Balaban J connectivity index is 1.60. The first-order valence-electron chi connectivity index (χ1n) is 9.29. The number of anilines is 1. The Bertz CT molecular complexity index is 813. The van der Waals surface area contributed by atoms with Crippen molar-refractivity contribution < 1.29 is 19.1 Å². The molecule has 0 fully saturated rings. The molecule has 1 aliphatic rings. The minimum atomic E-state index is -0.847. The summed E-state index contributed by atoms with van der Waals surface area (Å²) in [6, 6.07) is 14.6. The number of esters is 1. The largest absolute Gasteiger partial charge is 0.493 e. The maximum absolute atomic E-state index is 12.7. The maximum atomic E-state index is 12.7. The Morgan fingerprint density at radius 2 is 1.74 bits per heavy atom. The predicted octanol–water partition coefficient (Wildman–Crippen LogP) is 3.86. The molecule has 0 spiro atoms. The number of carbonyl (C=O) groups is 2. The van der Waals surface area contributed by atoms with E-state index in [0.717, 1.165) is 17.7 Å². The fourth-order valence-corrected chi connectivity index (χ4v) is 3.02. The van der Waals surface area contributed by atoms with Crippen molar-refractivity contribution in [2.75, 3.05) is 18.1 Å². The van der Waals surface area contributed by atoms with Crippen molar-refractivity contribution in [3.63, 3.8) is 0 Å². The summed E-state index contributed by atoms with van der Waals surface area (Å²) in [6.45, 7) is 6.99. The highest BCUT2D eigenvalue weighted by molar-refractivity contribution is 6.00. The highest BCUT2D eigenvalue weighted by Gasteiger charge is 2.29. The Morgan fingerprint density at radius 1 is 1.04 bits per heavy atom. The smallest absolute Gasteiger partial charge is 0.338 e. The van der Waals surface area contributed by atoms with Crippen LogP contribution >= 0.6 is 0 Å². The second-order valence-electron chi connectivity index (χ2n) is 7.15. The lowest BCUT2D eigenvalue weighted by molar-refractivity contribution is -0.126. The van der Waals surface area contributed by atoms with Crippen molar-refractivity contribution in [1.29, 1.82) is 0 Å². The van der Waals surface area contributed by atoms with Gasteiger partial charge in [-0.25, -0.2) is 4.79 Å². The first kappa shape index (κ1) is 19.0. The third kappa shape index (κ3) is 4.48. The minimum absolute atomic E-state index is 0.204. The van der Waals surface area contributed by atoms with Crippen molar-refractivity contribution >= 4 is 17.6 Å². The van der Waals surface area contributed by atoms with E-state index in [0.29, 0.717) is 30.4 Å². The summed E-state index contributed by atoms with van der Waals surface area (Å²) in [6.07, 6.45) is -0.0269. The Kier molecular flexibility index (Phi) is 5.79. The number of carbonyl (C=O) groups excluding carboxylic acids is 2. The number of hydrogen-bond donors (Lipinski definition) is 0. The fraction of sp³-hybridized carbons (Fsp3) is 0.364. The summed E-state index contributed by atoms with van der Waals surface area (Å²) in [5.41, 5.74) is 2.44. The molecular weight excluding hydrogens is 342 g/mol. The number of hydrogen-bond acceptors (Lipinski definition) is 4. The molecule has 2 aromatic carbocycles. The molecule has 0 saturated carbocycles. The normalized spacial score (nSPS) is 14.0. The number of ether oxygens (including phenoxy) is 2. The zero-order valence-electron chi connectivity index (χ0n) is 16.0.